The molecule has 9 heteroatoms. The molecule has 6 N–H and O–H groups in total. The number of carbonyl (C=O) groups is 1. The SMILES string of the molecule is CC1(C)CC(Nc2ncnc(NNC(=O)COc3ccccc3)c2N)CC(C)(C)N1. The first-order valence-corrected chi connectivity index (χ1v) is 10.0. The summed E-state index contributed by atoms with van der Waals surface area (Å²) in [5.41, 5.74) is 11.9. The molecule has 3 rings (SSSR count). The van der Waals surface area contributed by atoms with Crippen LogP contribution in [0.3, 0.4) is 0 Å². The van der Waals surface area contributed by atoms with Gasteiger partial charge in [-0.3, -0.25) is 15.6 Å². The predicted octanol–water partition coefficient (Wildman–Crippen LogP) is 2.30. The Labute approximate surface area is 177 Å². The third kappa shape index (κ3) is 5.96. The molecule has 1 aliphatic rings. The van der Waals surface area contributed by atoms with Crippen LogP contribution in [0.5, 0.6) is 5.75 Å². The Bertz CT molecular complexity index is 855. The van der Waals surface area contributed by atoms with Crippen LogP contribution >= 0.6 is 0 Å². The molecule has 2 aromatic rings. The number of amides is 1. The van der Waals surface area contributed by atoms with E-state index in [9.17, 15) is 4.79 Å². The molecule has 0 unspecified atom stereocenters. The molecule has 1 saturated heterocycles. The van der Waals surface area contributed by atoms with Crippen LogP contribution < -0.4 is 32.0 Å². The molecular formula is C21H31N7O2. The van der Waals surface area contributed by atoms with Crippen LogP contribution in [-0.2, 0) is 4.79 Å². The molecule has 30 heavy (non-hydrogen) atoms. The number of para-hydroxylation sites is 1. The maximum atomic E-state index is 12.0. The largest absolute Gasteiger partial charge is 0.484 e. The van der Waals surface area contributed by atoms with E-state index in [1.165, 1.54) is 6.33 Å². The molecule has 1 aromatic carbocycles. The van der Waals surface area contributed by atoms with Gasteiger partial charge in [0.05, 0.1) is 0 Å². The first-order chi connectivity index (χ1) is 14.1. The lowest BCUT2D eigenvalue weighted by molar-refractivity contribution is -0.122. The van der Waals surface area contributed by atoms with Crippen molar-refractivity contribution in [3.05, 3.63) is 36.7 Å². The van der Waals surface area contributed by atoms with E-state index in [0.29, 0.717) is 23.1 Å². The molecule has 0 bridgehead atoms. The van der Waals surface area contributed by atoms with Gasteiger partial charge in [-0.25, -0.2) is 9.97 Å². The number of carbonyl (C=O) groups excluding carboxylic acids is 1. The topological polar surface area (TPSA) is 126 Å². The summed E-state index contributed by atoms with van der Waals surface area (Å²) in [4.78, 5) is 20.5. The maximum absolute atomic E-state index is 12.0. The quantitative estimate of drug-likeness (QED) is 0.438. The predicted molar refractivity (Wildman–Crippen MR) is 118 cm³/mol. The Morgan fingerprint density at radius 2 is 1.77 bits per heavy atom. The third-order valence-corrected chi connectivity index (χ3v) is 4.85. The summed E-state index contributed by atoms with van der Waals surface area (Å²) in [6.45, 7) is 8.61. The second-order valence-corrected chi connectivity index (χ2v) is 8.90. The highest BCUT2D eigenvalue weighted by Gasteiger charge is 2.37. The molecule has 162 valence electrons. The van der Waals surface area contributed by atoms with Gasteiger partial charge in [-0.05, 0) is 52.7 Å². The Morgan fingerprint density at radius 1 is 1.13 bits per heavy atom. The third-order valence-electron chi connectivity index (χ3n) is 4.85. The van der Waals surface area contributed by atoms with E-state index >= 15 is 0 Å². The summed E-state index contributed by atoms with van der Waals surface area (Å²) in [5.74, 6) is 1.13. The van der Waals surface area contributed by atoms with Crippen LogP contribution in [0.15, 0.2) is 36.7 Å². The van der Waals surface area contributed by atoms with E-state index in [1.54, 1.807) is 12.1 Å². The standard InChI is InChI=1S/C21H31N7O2/c1-20(2)10-14(11-21(3,4)28-20)25-18-17(22)19(24-13-23-18)27-26-16(29)12-30-15-8-6-5-7-9-15/h5-9,13-14,28H,10-12,22H2,1-4H3,(H,26,29)(H2,23,24,25,27). The van der Waals surface area contributed by atoms with Crippen molar-refractivity contribution in [1.82, 2.24) is 20.7 Å². The number of hydrogen-bond donors (Lipinski definition) is 5. The van der Waals surface area contributed by atoms with E-state index in [2.05, 4.69) is 59.1 Å². The molecule has 9 nitrogen and oxygen atoms in total. The Kier molecular flexibility index (Phi) is 6.31. The van der Waals surface area contributed by atoms with E-state index in [-0.39, 0.29) is 29.6 Å². The van der Waals surface area contributed by atoms with Gasteiger partial charge in [0.2, 0.25) is 0 Å². The molecule has 0 saturated carbocycles. The van der Waals surface area contributed by atoms with Crippen molar-refractivity contribution in [3.63, 3.8) is 0 Å². The van der Waals surface area contributed by atoms with Crippen LogP contribution in [0, 0.1) is 0 Å². The summed E-state index contributed by atoms with van der Waals surface area (Å²) in [7, 11) is 0. The summed E-state index contributed by atoms with van der Waals surface area (Å²) >= 11 is 0. The Hall–Kier alpha value is -3.07. The molecule has 0 radical (unpaired) electrons. The van der Waals surface area contributed by atoms with Gasteiger partial charge in [-0.2, -0.15) is 0 Å². The van der Waals surface area contributed by atoms with Crippen molar-refractivity contribution in [2.45, 2.75) is 57.7 Å². The van der Waals surface area contributed by atoms with Gasteiger partial charge in [-0.15, -0.1) is 0 Å². The second kappa shape index (κ2) is 8.74. The lowest BCUT2D eigenvalue weighted by Gasteiger charge is -2.46. The number of aromatic nitrogens is 2. The van der Waals surface area contributed by atoms with E-state index in [4.69, 9.17) is 10.5 Å². The average molecular weight is 414 g/mol. The van der Waals surface area contributed by atoms with Crippen molar-refractivity contribution in [2.24, 2.45) is 0 Å². The highest BCUT2D eigenvalue weighted by atomic mass is 16.5. The Balaban J connectivity index is 1.57. The number of rotatable bonds is 7. The number of nitrogens with zero attached hydrogens (tertiary/aromatic N) is 2. The van der Waals surface area contributed by atoms with Gasteiger partial charge < -0.3 is 21.1 Å². The monoisotopic (exact) mass is 413 g/mol. The lowest BCUT2D eigenvalue weighted by atomic mass is 9.79. The fourth-order valence-corrected chi connectivity index (χ4v) is 4.06. The molecule has 0 aliphatic carbocycles. The fourth-order valence-electron chi connectivity index (χ4n) is 4.06. The lowest BCUT2D eigenvalue weighted by Crippen LogP contribution is -2.60. The molecular weight excluding hydrogens is 382 g/mol. The highest BCUT2D eigenvalue weighted by Crippen LogP contribution is 2.32. The van der Waals surface area contributed by atoms with E-state index in [1.807, 2.05) is 18.2 Å². The number of anilines is 3. The smallest absolute Gasteiger partial charge is 0.276 e. The maximum Gasteiger partial charge on any atom is 0.276 e. The zero-order chi connectivity index (χ0) is 21.8. The molecule has 1 fully saturated rings. The zero-order valence-corrected chi connectivity index (χ0v) is 18.0. The van der Waals surface area contributed by atoms with Crippen LogP contribution in [0.25, 0.3) is 0 Å². The number of nitrogen functional groups attached to an aromatic ring is 1. The van der Waals surface area contributed by atoms with Crippen molar-refractivity contribution in [3.8, 4) is 5.75 Å². The number of hydrogen-bond acceptors (Lipinski definition) is 8. The van der Waals surface area contributed by atoms with E-state index in [0.717, 1.165) is 12.8 Å². The zero-order valence-electron chi connectivity index (χ0n) is 18.0. The van der Waals surface area contributed by atoms with Crippen molar-refractivity contribution in [1.29, 1.82) is 0 Å². The van der Waals surface area contributed by atoms with E-state index < -0.39 is 0 Å². The van der Waals surface area contributed by atoms with Crippen molar-refractivity contribution in [2.75, 3.05) is 23.1 Å². The first-order valence-electron chi connectivity index (χ1n) is 10.0. The van der Waals surface area contributed by atoms with Crippen LogP contribution in [-0.4, -0.2) is 39.6 Å². The summed E-state index contributed by atoms with van der Waals surface area (Å²) in [6.07, 6.45) is 3.26. The number of hydrazine groups is 1. The van der Waals surface area contributed by atoms with Crippen molar-refractivity contribution >= 4 is 23.2 Å². The molecule has 0 atom stereocenters. The van der Waals surface area contributed by atoms with Crippen molar-refractivity contribution < 1.29 is 9.53 Å². The summed E-state index contributed by atoms with van der Waals surface area (Å²) < 4.78 is 5.42. The molecule has 0 spiro atoms. The molecule has 1 aromatic heterocycles. The van der Waals surface area contributed by atoms with Crippen LogP contribution in [0.4, 0.5) is 17.3 Å². The van der Waals surface area contributed by atoms with Gasteiger partial charge in [-0.1, -0.05) is 18.2 Å². The average Bonchev–Trinajstić information content (AvgIpc) is 2.65. The van der Waals surface area contributed by atoms with Gasteiger partial charge in [0.1, 0.15) is 17.8 Å². The van der Waals surface area contributed by atoms with Gasteiger partial charge in [0.25, 0.3) is 5.91 Å². The summed E-state index contributed by atoms with van der Waals surface area (Å²) in [6, 6.07) is 9.33. The van der Waals surface area contributed by atoms with Gasteiger partial charge in [0.15, 0.2) is 18.2 Å². The normalized spacial score (nSPS) is 17.7. The van der Waals surface area contributed by atoms with Gasteiger partial charge >= 0.3 is 0 Å². The minimum Gasteiger partial charge on any atom is -0.484 e. The number of piperidine rings is 1. The molecule has 2 heterocycles. The number of nitrogens with one attached hydrogen (secondary N) is 4. The van der Waals surface area contributed by atoms with Crippen LogP contribution in [0.1, 0.15) is 40.5 Å². The fraction of sp³-hybridized carbons (Fsp3) is 0.476. The van der Waals surface area contributed by atoms with Crippen LogP contribution in [0.2, 0.25) is 0 Å². The molecule has 1 aliphatic heterocycles. The Morgan fingerprint density at radius 3 is 2.43 bits per heavy atom. The highest BCUT2D eigenvalue weighted by molar-refractivity contribution is 5.81. The minimum atomic E-state index is -0.353. The number of benzene rings is 1. The van der Waals surface area contributed by atoms with Gasteiger partial charge in [0, 0.05) is 17.1 Å². The molecule has 1 amide bonds. The first kappa shape index (κ1) is 21.6. The minimum absolute atomic E-state index is 0.00494. The number of nitrogens with two attached hydrogens (primary N) is 1. The second-order valence-electron chi connectivity index (χ2n) is 8.90. The summed E-state index contributed by atoms with van der Waals surface area (Å²) in [5, 5.41) is 7.10. The number of ether oxygens (including phenoxy) is 1.